The van der Waals surface area contributed by atoms with Crippen LogP contribution in [0.1, 0.15) is 28.8 Å². The number of nitrogens with zero attached hydrogens (tertiary/aromatic N) is 1. The fourth-order valence-electron chi connectivity index (χ4n) is 2.19. The maximum atomic E-state index is 13.8. The maximum absolute atomic E-state index is 13.8. The molecule has 1 aliphatic rings. The van der Waals surface area contributed by atoms with Crippen molar-refractivity contribution in [2.24, 2.45) is 0 Å². The van der Waals surface area contributed by atoms with E-state index < -0.39 is 5.82 Å². The summed E-state index contributed by atoms with van der Waals surface area (Å²) < 4.78 is 19.3. The minimum atomic E-state index is -0.429. The molecule has 0 N–H and O–H groups in total. The van der Waals surface area contributed by atoms with Crippen molar-refractivity contribution in [3.8, 4) is 0 Å². The highest BCUT2D eigenvalue weighted by Crippen LogP contribution is 2.16. The minimum Gasteiger partial charge on any atom is -0.376 e. The zero-order valence-corrected chi connectivity index (χ0v) is 10.8. The van der Waals surface area contributed by atoms with Gasteiger partial charge in [-0.05, 0) is 31.4 Å². The standard InChI is InChI=1S/C14H18FNO2/c1-10-5-3-7-12(13(10)15)14(17)16(2)9-11-6-4-8-18-11/h3,5,7,11H,4,6,8-9H2,1-2H3. The van der Waals surface area contributed by atoms with Crippen molar-refractivity contribution < 1.29 is 13.9 Å². The topological polar surface area (TPSA) is 29.5 Å². The Morgan fingerprint density at radius 2 is 2.33 bits per heavy atom. The van der Waals surface area contributed by atoms with Gasteiger partial charge in [-0.25, -0.2) is 4.39 Å². The second kappa shape index (κ2) is 5.48. The van der Waals surface area contributed by atoms with Gasteiger partial charge in [0.2, 0.25) is 0 Å². The Morgan fingerprint density at radius 1 is 1.56 bits per heavy atom. The number of amides is 1. The lowest BCUT2D eigenvalue weighted by atomic mass is 10.1. The summed E-state index contributed by atoms with van der Waals surface area (Å²) in [6.45, 7) is 2.93. The van der Waals surface area contributed by atoms with Crippen molar-refractivity contribution in [2.75, 3.05) is 20.2 Å². The molecule has 2 rings (SSSR count). The van der Waals surface area contributed by atoms with E-state index in [0.29, 0.717) is 12.1 Å². The van der Waals surface area contributed by atoms with Gasteiger partial charge in [-0.15, -0.1) is 0 Å². The molecule has 1 saturated heterocycles. The van der Waals surface area contributed by atoms with Crippen LogP contribution in [0.5, 0.6) is 0 Å². The summed E-state index contributed by atoms with van der Waals surface area (Å²) in [4.78, 5) is 13.7. The van der Waals surface area contributed by atoms with Gasteiger partial charge in [-0.2, -0.15) is 0 Å². The van der Waals surface area contributed by atoms with Crippen LogP contribution in [-0.2, 0) is 4.74 Å². The molecule has 1 fully saturated rings. The predicted octanol–water partition coefficient (Wildman–Crippen LogP) is 2.39. The van der Waals surface area contributed by atoms with Crippen LogP contribution in [0.15, 0.2) is 18.2 Å². The predicted molar refractivity (Wildman–Crippen MR) is 67.1 cm³/mol. The molecule has 1 aliphatic heterocycles. The quantitative estimate of drug-likeness (QED) is 0.825. The lowest BCUT2D eigenvalue weighted by Gasteiger charge is -2.21. The minimum absolute atomic E-state index is 0.0896. The van der Waals surface area contributed by atoms with Gasteiger partial charge in [-0.1, -0.05) is 12.1 Å². The Bertz CT molecular complexity index is 441. The number of carbonyl (C=O) groups is 1. The van der Waals surface area contributed by atoms with Crippen LogP contribution in [0.4, 0.5) is 4.39 Å². The van der Waals surface area contributed by atoms with E-state index >= 15 is 0 Å². The first-order valence-electron chi connectivity index (χ1n) is 6.22. The van der Waals surface area contributed by atoms with Gasteiger partial charge in [0.05, 0.1) is 11.7 Å². The van der Waals surface area contributed by atoms with E-state index in [4.69, 9.17) is 4.74 Å². The number of carbonyl (C=O) groups excluding carboxylic acids is 1. The lowest BCUT2D eigenvalue weighted by Crippen LogP contribution is -2.34. The third-order valence-corrected chi connectivity index (χ3v) is 3.27. The highest BCUT2D eigenvalue weighted by Gasteiger charge is 2.22. The smallest absolute Gasteiger partial charge is 0.256 e. The summed E-state index contributed by atoms with van der Waals surface area (Å²) in [5.41, 5.74) is 0.627. The Hall–Kier alpha value is -1.42. The molecule has 3 nitrogen and oxygen atoms in total. The molecule has 0 bridgehead atoms. The Balaban J connectivity index is 2.07. The van der Waals surface area contributed by atoms with Crippen molar-refractivity contribution >= 4 is 5.91 Å². The molecule has 4 heteroatoms. The summed E-state index contributed by atoms with van der Waals surface area (Å²) in [5, 5.41) is 0. The lowest BCUT2D eigenvalue weighted by molar-refractivity contribution is 0.0583. The van der Waals surface area contributed by atoms with Gasteiger partial charge in [0.15, 0.2) is 0 Å². The van der Waals surface area contributed by atoms with Crippen molar-refractivity contribution in [1.29, 1.82) is 0 Å². The number of halogens is 1. The molecule has 0 spiro atoms. The maximum Gasteiger partial charge on any atom is 0.256 e. The van der Waals surface area contributed by atoms with Gasteiger partial charge >= 0.3 is 0 Å². The molecule has 0 radical (unpaired) electrons. The van der Waals surface area contributed by atoms with Crippen LogP contribution in [0.2, 0.25) is 0 Å². The first-order chi connectivity index (χ1) is 8.59. The van der Waals surface area contributed by atoms with E-state index in [1.165, 1.54) is 11.0 Å². The van der Waals surface area contributed by atoms with Crippen molar-refractivity contribution in [2.45, 2.75) is 25.9 Å². The SMILES string of the molecule is Cc1cccc(C(=O)N(C)CC2CCCO2)c1F. The van der Waals surface area contributed by atoms with Crippen LogP contribution < -0.4 is 0 Å². The van der Waals surface area contributed by atoms with E-state index in [0.717, 1.165) is 19.4 Å². The molecule has 98 valence electrons. The van der Waals surface area contributed by atoms with Crippen molar-refractivity contribution in [3.05, 3.63) is 35.1 Å². The van der Waals surface area contributed by atoms with Crippen molar-refractivity contribution in [3.63, 3.8) is 0 Å². The molecular weight excluding hydrogens is 233 g/mol. The molecule has 1 atom stereocenters. The fourth-order valence-corrected chi connectivity index (χ4v) is 2.19. The zero-order valence-electron chi connectivity index (χ0n) is 10.8. The van der Waals surface area contributed by atoms with Gasteiger partial charge < -0.3 is 9.64 Å². The average molecular weight is 251 g/mol. The van der Waals surface area contributed by atoms with E-state index in [2.05, 4.69) is 0 Å². The molecule has 1 aromatic carbocycles. The molecule has 1 aromatic rings. The number of hydrogen-bond acceptors (Lipinski definition) is 2. The Kier molecular flexibility index (Phi) is 3.97. The van der Waals surface area contributed by atoms with Gasteiger partial charge in [0, 0.05) is 20.2 Å². The molecule has 1 unspecified atom stereocenters. The molecule has 1 amide bonds. The fraction of sp³-hybridized carbons (Fsp3) is 0.500. The first-order valence-corrected chi connectivity index (χ1v) is 6.22. The van der Waals surface area contributed by atoms with Crippen molar-refractivity contribution in [1.82, 2.24) is 4.90 Å². The second-order valence-electron chi connectivity index (χ2n) is 4.76. The number of benzene rings is 1. The van der Waals surface area contributed by atoms with Crippen LogP contribution in [0.3, 0.4) is 0 Å². The third kappa shape index (κ3) is 2.70. The molecule has 1 heterocycles. The molecule has 0 aromatic heterocycles. The normalized spacial score (nSPS) is 18.9. The monoisotopic (exact) mass is 251 g/mol. The number of ether oxygens (including phenoxy) is 1. The van der Waals surface area contributed by atoms with Gasteiger partial charge in [0.25, 0.3) is 5.91 Å². The largest absolute Gasteiger partial charge is 0.376 e. The summed E-state index contributed by atoms with van der Waals surface area (Å²) in [6, 6.07) is 4.88. The van der Waals surface area contributed by atoms with Crippen LogP contribution in [-0.4, -0.2) is 37.1 Å². The third-order valence-electron chi connectivity index (χ3n) is 3.27. The number of aryl methyl sites for hydroxylation is 1. The molecule has 0 saturated carbocycles. The molecule has 0 aliphatic carbocycles. The van der Waals surface area contributed by atoms with E-state index in [1.54, 1.807) is 26.1 Å². The summed E-state index contributed by atoms with van der Waals surface area (Å²) in [7, 11) is 1.69. The number of likely N-dealkylation sites (N-methyl/N-ethyl adjacent to an activating group) is 1. The van der Waals surface area contributed by atoms with E-state index in [-0.39, 0.29) is 17.6 Å². The Morgan fingerprint density at radius 3 is 3.00 bits per heavy atom. The number of hydrogen-bond donors (Lipinski definition) is 0. The number of rotatable bonds is 3. The van der Waals surface area contributed by atoms with Crippen LogP contribution in [0.25, 0.3) is 0 Å². The summed E-state index contributed by atoms with van der Waals surface area (Å²) in [5.74, 6) is -0.714. The van der Waals surface area contributed by atoms with E-state index in [1.807, 2.05) is 0 Å². The van der Waals surface area contributed by atoms with Crippen LogP contribution >= 0.6 is 0 Å². The second-order valence-corrected chi connectivity index (χ2v) is 4.76. The highest BCUT2D eigenvalue weighted by atomic mass is 19.1. The van der Waals surface area contributed by atoms with Gasteiger partial charge in [0.1, 0.15) is 5.82 Å². The zero-order chi connectivity index (χ0) is 13.1. The summed E-state index contributed by atoms with van der Waals surface area (Å²) in [6.07, 6.45) is 2.09. The van der Waals surface area contributed by atoms with E-state index in [9.17, 15) is 9.18 Å². The average Bonchev–Trinajstić information content (AvgIpc) is 2.84. The first kappa shape index (κ1) is 13.0. The highest BCUT2D eigenvalue weighted by molar-refractivity contribution is 5.94. The van der Waals surface area contributed by atoms with Crippen LogP contribution in [0, 0.1) is 12.7 Å². The Labute approximate surface area is 107 Å². The molecule has 18 heavy (non-hydrogen) atoms. The van der Waals surface area contributed by atoms with Gasteiger partial charge in [-0.3, -0.25) is 4.79 Å². The summed E-state index contributed by atoms with van der Waals surface area (Å²) >= 11 is 0. The molecular formula is C14H18FNO2.